The molecule has 1 aromatic rings. The zero-order chi connectivity index (χ0) is 13.8. The highest BCUT2D eigenvalue weighted by molar-refractivity contribution is 5.10. The van der Waals surface area contributed by atoms with E-state index in [2.05, 4.69) is 25.0 Å². The second kappa shape index (κ2) is 6.56. The summed E-state index contributed by atoms with van der Waals surface area (Å²) in [5.74, 6) is 1.38. The van der Waals surface area contributed by atoms with Gasteiger partial charge in [-0.05, 0) is 44.6 Å². The number of aryl methyl sites for hydroxylation is 2. The fourth-order valence-corrected chi connectivity index (χ4v) is 3.40. The molecule has 1 aliphatic rings. The minimum absolute atomic E-state index is 0.195. The van der Waals surface area contributed by atoms with E-state index in [1.54, 1.807) is 0 Å². The number of aliphatic hydroxyl groups is 1. The van der Waals surface area contributed by atoms with Crippen molar-refractivity contribution in [3.05, 3.63) is 17.5 Å². The summed E-state index contributed by atoms with van der Waals surface area (Å²) in [6.45, 7) is 7.30. The van der Waals surface area contributed by atoms with Crippen LogP contribution in [0.5, 0.6) is 0 Å². The smallest absolute Gasteiger partial charge is 0.0623 e. The summed E-state index contributed by atoms with van der Waals surface area (Å²) in [7, 11) is 0. The van der Waals surface area contributed by atoms with E-state index in [1.807, 2.05) is 11.6 Å². The number of rotatable bonds is 5. The van der Waals surface area contributed by atoms with Crippen LogP contribution in [0.15, 0.2) is 6.07 Å². The summed E-state index contributed by atoms with van der Waals surface area (Å²) in [6, 6.07) is 2.12. The lowest BCUT2D eigenvalue weighted by Gasteiger charge is -2.31. The zero-order valence-electron chi connectivity index (χ0n) is 12.6. The Bertz CT molecular complexity index is 391. The molecule has 0 aliphatic heterocycles. The largest absolute Gasteiger partial charge is 0.392 e. The Morgan fingerprint density at radius 3 is 2.58 bits per heavy atom. The lowest BCUT2D eigenvalue weighted by molar-refractivity contribution is 0.0719. The fraction of sp³-hybridized carbons (Fsp3) is 0.812. The van der Waals surface area contributed by atoms with Gasteiger partial charge < -0.3 is 5.11 Å². The van der Waals surface area contributed by atoms with Crippen LogP contribution < -0.4 is 0 Å². The SMILES string of the molecule is CCC1CCC(C(O)Cc2cc(C)nn2CC)CC1. The van der Waals surface area contributed by atoms with Crippen LogP contribution in [-0.2, 0) is 13.0 Å². The number of aromatic nitrogens is 2. The summed E-state index contributed by atoms with van der Waals surface area (Å²) >= 11 is 0. The molecular formula is C16H28N2O. The van der Waals surface area contributed by atoms with Crippen molar-refractivity contribution in [1.29, 1.82) is 0 Å². The van der Waals surface area contributed by atoms with Crippen LogP contribution in [0, 0.1) is 18.8 Å². The Hall–Kier alpha value is -0.830. The normalized spacial score (nSPS) is 25.5. The topological polar surface area (TPSA) is 38.1 Å². The molecule has 19 heavy (non-hydrogen) atoms. The van der Waals surface area contributed by atoms with Gasteiger partial charge in [0, 0.05) is 18.7 Å². The molecular weight excluding hydrogens is 236 g/mol. The highest BCUT2D eigenvalue weighted by Gasteiger charge is 2.26. The first-order valence-electron chi connectivity index (χ1n) is 7.85. The van der Waals surface area contributed by atoms with E-state index in [9.17, 15) is 5.11 Å². The molecule has 0 spiro atoms. The highest BCUT2D eigenvalue weighted by atomic mass is 16.3. The first kappa shape index (κ1) is 14.6. The molecule has 2 rings (SSSR count). The third-order valence-electron chi connectivity index (χ3n) is 4.72. The van der Waals surface area contributed by atoms with Crippen molar-refractivity contribution >= 4 is 0 Å². The van der Waals surface area contributed by atoms with E-state index in [-0.39, 0.29) is 6.10 Å². The van der Waals surface area contributed by atoms with Gasteiger partial charge in [-0.2, -0.15) is 5.10 Å². The van der Waals surface area contributed by atoms with Gasteiger partial charge in [-0.1, -0.05) is 26.2 Å². The van der Waals surface area contributed by atoms with Gasteiger partial charge in [-0.15, -0.1) is 0 Å². The van der Waals surface area contributed by atoms with Gasteiger partial charge in [-0.25, -0.2) is 0 Å². The Balaban J connectivity index is 1.92. The Morgan fingerprint density at radius 1 is 1.32 bits per heavy atom. The van der Waals surface area contributed by atoms with Crippen molar-refractivity contribution in [2.45, 2.75) is 71.9 Å². The van der Waals surface area contributed by atoms with Crippen molar-refractivity contribution in [3.8, 4) is 0 Å². The van der Waals surface area contributed by atoms with Crippen LogP contribution in [0.3, 0.4) is 0 Å². The molecule has 108 valence electrons. The van der Waals surface area contributed by atoms with Crippen molar-refractivity contribution in [2.75, 3.05) is 0 Å². The molecule has 1 fully saturated rings. The lowest BCUT2D eigenvalue weighted by Crippen LogP contribution is -2.28. The molecule has 0 amide bonds. The van der Waals surface area contributed by atoms with E-state index >= 15 is 0 Å². The molecule has 0 radical (unpaired) electrons. The second-order valence-electron chi connectivity index (χ2n) is 6.05. The van der Waals surface area contributed by atoms with Crippen LogP contribution in [0.1, 0.15) is 57.3 Å². The molecule has 1 aromatic heterocycles. The number of hydrogen-bond donors (Lipinski definition) is 1. The molecule has 1 unspecified atom stereocenters. The average Bonchev–Trinajstić information content (AvgIpc) is 2.78. The molecule has 0 bridgehead atoms. The van der Waals surface area contributed by atoms with E-state index in [0.29, 0.717) is 5.92 Å². The molecule has 0 saturated heterocycles. The average molecular weight is 264 g/mol. The summed E-state index contributed by atoms with van der Waals surface area (Å²) in [4.78, 5) is 0. The summed E-state index contributed by atoms with van der Waals surface area (Å²) in [5, 5.41) is 14.9. The Morgan fingerprint density at radius 2 is 2.00 bits per heavy atom. The predicted molar refractivity (Wildman–Crippen MR) is 78.1 cm³/mol. The van der Waals surface area contributed by atoms with Crippen molar-refractivity contribution in [2.24, 2.45) is 11.8 Å². The maximum absolute atomic E-state index is 10.5. The molecule has 1 N–H and O–H groups in total. The molecule has 1 aliphatic carbocycles. The molecule has 1 saturated carbocycles. The van der Waals surface area contributed by atoms with Crippen LogP contribution in [-0.4, -0.2) is 21.0 Å². The standard InChI is InChI=1S/C16H28N2O/c1-4-13-6-8-14(9-7-13)16(19)11-15-10-12(3)17-18(15)5-2/h10,13-14,16,19H,4-9,11H2,1-3H3. The highest BCUT2D eigenvalue weighted by Crippen LogP contribution is 2.33. The van der Waals surface area contributed by atoms with Crippen LogP contribution in [0.2, 0.25) is 0 Å². The monoisotopic (exact) mass is 264 g/mol. The predicted octanol–water partition coefficient (Wildman–Crippen LogP) is 3.33. The van der Waals surface area contributed by atoms with E-state index < -0.39 is 0 Å². The maximum atomic E-state index is 10.5. The molecule has 3 heteroatoms. The summed E-state index contributed by atoms with van der Waals surface area (Å²) in [6.07, 6.45) is 6.84. The Kier molecular flexibility index (Phi) is 5.03. The van der Waals surface area contributed by atoms with Crippen molar-refractivity contribution < 1.29 is 5.11 Å². The second-order valence-corrected chi connectivity index (χ2v) is 6.05. The van der Waals surface area contributed by atoms with Crippen LogP contribution in [0.25, 0.3) is 0 Å². The molecule has 1 atom stereocenters. The summed E-state index contributed by atoms with van der Waals surface area (Å²) < 4.78 is 2.02. The zero-order valence-corrected chi connectivity index (χ0v) is 12.6. The van der Waals surface area contributed by atoms with Crippen molar-refractivity contribution in [3.63, 3.8) is 0 Å². The van der Waals surface area contributed by atoms with Gasteiger partial charge in [0.1, 0.15) is 0 Å². The van der Waals surface area contributed by atoms with Crippen LogP contribution >= 0.6 is 0 Å². The van der Waals surface area contributed by atoms with E-state index in [1.165, 1.54) is 37.8 Å². The lowest BCUT2D eigenvalue weighted by atomic mass is 9.77. The minimum Gasteiger partial charge on any atom is -0.392 e. The fourth-order valence-electron chi connectivity index (χ4n) is 3.40. The van der Waals surface area contributed by atoms with Gasteiger partial charge >= 0.3 is 0 Å². The van der Waals surface area contributed by atoms with Crippen LogP contribution in [0.4, 0.5) is 0 Å². The first-order valence-corrected chi connectivity index (χ1v) is 7.85. The van der Waals surface area contributed by atoms with Gasteiger partial charge in [-0.3, -0.25) is 4.68 Å². The number of hydrogen-bond acceptors (Lipinski definition) is 2. The molecule has 0 aromatic carbocycles. The number of aliphatic hydroxyl groups excluding tert-OH is 1. The number of nitrogens with zero attached hydrogens (tertiary/aromatic N) is 2. The quantitative estimate of drug-likeness (QED) is 0.886. The molecule has 3 nitrogen and oxygen atoms in total. The first-order chi connectivity index (χ1) is 9.13. The van der Waals surface area contributed by atoms with Crippen molar-refractivity contribution in [1.82, 2.24) is 9.78 Å². The third-order valence-corrected chi connectivity index (χ3v) is 4.72. The summed E-state index contributed by atoms with van der Waals surface area (Å²) in [5.41, 5.74) is 2.24. The minimum atomic E-state index is -0.195. The van der Waals surface area contributed by atoms with Gasteiger partial charge in [0.25, 0.3) is 0 Å². The van der Waals surface area contributed by atoms with E-state index in [4.69, 9.17) is 0 Å². The van der Waals surface area contributed by atoms with Gasteiger partial charge in [0.2, 0.25) is 0 Å². The molecule has 1 heterocycles. The third kappa shape index (κ3) is 3.59. The Labute approximate surface area is 117 Å². The van der Waals surface area contributed by atoms with E-state index in [0.717, 1.165) is 24.6 Å². The van der Waals surface area contributed by atoms with Gasteiger partial charge in [0.15, 0.2) is 0 Å². The maximum Gasteiger partial charge on any atom is 0.0623 e. The van der Waals surface area contributed by atoms with Gasteiger partial charge in [0.05, 0.1) is 11.8 Å².